The number of benzene rings is 5. The van der Waals surface area contributed by atoms with E-state index < -0.39 is 0 Å². The fraction of sp³-hybridized carbons (Fsp3) is 0.188. The van der Waals surface area contributed by atoms with Crippen molar-refractivity contribution in [2.24, 2.45) is 0 Å². The molecule has 0 atom stereocenters. The standard InChI is InChI=1S/C32H29BO2/c1-31(2)32(3,4)35-33(34-31)28-17-16-23-18-24(14-15-25(23)20-28)27-19-26-12-8-9-13-29(26)30(21-27)22-10-6-5-7-11-22/h5-21H,1-4H3. The summed E-state index contributed by atoms with van der Waals surface area (Å²) in [4.78, 5) is 0. The third-order valence-electron chi connectivity index (χ3n) is 7.67. The predicted octanol–water partition coefficient (Wildman–Crippen LogP) is 7.63. The van der Waals surface area contributed by atoms with Crippen LogP contribution in [0.4, 0.5) is 0 Å². The van der Waals surface area contributed by atoms with Crippen LogP contribution in [0.1, 0.15) is 27.7 Å². The summed E-state index contributed by atoms with van der Waals surface area (Å²) in [5.41, 5.74) is 5.30. The van der Waals surface area contributed by atoms with Gasteiger partial charge in [-0.1, -0.05) is 84.9 Å². The molecule has 1 heterocycles. The van der Waals surface area contributed by atoms with Gasteiger partial charge in [-0.2, -0.15) is 0 Å². The number of hydrogen-bond donors (Lipinski definition) is 0. The van der Waals surface area contributed by atoms with Gasteiger partial charge >= 0.3 is 7.12 Å². The molecule has 1 aliphatic rings. The lowest BCUT2D eigenvalue weighted by atomic mass is 9.78. The average molecular weight is 456 g/mol. The molecule has 172 valence electrons. The van der Waals surface area contributed by atoms with E-state index in [9.17, 15) is 0 Å². The SMILES string of the molecule is CC1(C)OB(c2ccc3cc(-c4cc(-c5ccccc5)c5ccccc5c4)ccc3c2)OC1(C)C. The average Bonchev–Trinajstić information content (AvgIpc) is 3.09. The van der Waals surface area contributed by atoms with Gasteiger partial charge < -0.3 is 9.31 Å². The minimum atomic E-state index is -0.349. The Kier molecular flexibility index (Phi) is 5.10. The summed E-state index contributed by atoms with van der Waals surface area (Å²) in [5, 5.41) is 4.91. The van der Waals surface area contributed by atoms with Crippen LogP contribution in [0.2, 0.25) is 0 Å². The van der Waals surface area contributed by atoms with Gasteiger partial charge in [-0.15, -0.1) is 0 Å². The quantitative estimate of drug-likeness (QED) is 0.260. The molecule has 1 aliphatic heterocycles. The molecule has 5 aromatic rings. The zero-order chi connectivity index (χ0) is 24.2. The van der Waals surface area contributed by atoms with Gasteiger partial charge in [-0.05, 0) is 95.2 Å². The summed E-state index contributed by atoms with van der Waals surface area (Å²) in [6, 6.07) is 37.1. The van der Waals surface area contributed by atoms with Crippen molar-refractivity contribution in [2.75, 3.05) is 0 Å². The highest BCUT2D eigenvalue weighted by Gasteiger charge is 2.51. The molecular formula is C32H29BO2. The first-order valence-corrected chi connectivity index (χ1v) is 12.3. The molecule has 5 aromatic carbocycles. The highest BCUT2D eigenvalue weighted by atomic mass is 16.7. The highest BCUT2D eigenvalue weighted by Crippen LogP contribution is 2.37. The van der Waals surface area contributed by atoms with Crippen LogP contribution in [-0.2, 0) is 9.31 Å². The molecule has 2 nitrogen and oxygen atoms in total. The Morgan fingerprint density at radius 2 is 1.14 bits per heavy atom. The van der Waals surface area contributed by atoms with Crippen molar-refractivity contribution in [2.45, 2.75) is 38.9 Å². The van der Waals surface area contributed by atoms with E-state index in [-0.39, 0.29) is 18.3 Å². The van der Waals surface area contributed by atoms with Gasteiger partial charge in [0.1, 0.15) is 0 Å². The second-order valence-electron chi connectivity index (χ2n) is 10.5. The Morgan fingerprint density at radius 1 is 0.514 bits per heavy atom. The van der Waals surface area contributed by atoms with Gasteiger partial charge in [0, 0.05) is 0 Å². The Hall–Kier alpha value is -3.40. The predicted molar refractivity (Wildman–Crippen MR) is 148 cm³/mol. The topological polar surface area (TPSA) is 18.5 Å². The summed E-state index contributed by atoms with van der Waals surface area (Å²) in [6.07, 6.45) is 0. The monoisotopic (exact) mass is 456 g/mol. The molecule has 0 aliphatic carbocycles. The molecule has 0 unspecified atom stereocenters. The van der Waals surface area contributed by atoms with Crippen LogP contribution in [0.15, 0.2) is 103 Å². The normalized spacial score (nSPS) is 16.7. The van der Waals surface area contributed by atoms with Gasteiger partial charge in [0.05, 0.1) is 11.2 Å². The summed E-state index contributed by atoms with van der Waals surface area (Å²) in [7, 11) is -0.349. The Morgan fingerprint density at radius 3 is 1.91 bits per heavy atom. The third kappa shape index (κ3) is 3.85. The van der Waals surface area contributed by atoms with Crippen LogP contribution < -0.4 is 5.46 Å². The molecule has 1 fully saturated rings. The maximum absolute atomic E-state index is 6.27. The van der Waals surface area contributed by atoms with Crippen molar-refractivity contribution in [3.8, 4) is 22.3 Å². The molecule has 0 radical (unpaired) electrons. The fourth-order valence-corrected chi connectivity index (χ4v) is 4.90. The van der Waals surface area contributed by atoms with Crippen LogP contribution in [-0.4, -0.2) is 18.3 Å². The van der Waals surface area contributed by atoms with Gasteiger partial charge in [-0.3, -0.25) is 0 Å². The third-order valence-corrected chi connectivity index (χ3v) is 7.67. The van der Waals surface area contributed by atoms with Gasteiger partial charge in [0.2, 0.25) is 0 Å². The van der Waals surface area contributed by atoms with Gasteiger partial charge in [0.15, 0.2) is 0 Å². The molecular weight excluding hydrogens is 427 g/mol. The van der Waals surface area contributed by atoms with E-state index in [4.69, 9.17) is 9.31 Å². The Bertz CT molecular complexity index is 1540. The lowest BCUT2D eigenvalue weighted by Gasteiger charge is -2.32. The van der Waals surface area contributed by atoms with E-state index >= 15 is 0 Å². The van der Waals surface area contributed by atoms with Crippen molar-refractivity contribution in [3.63, 3.8) is 0 Å². The first kappa shape index (κ1) is 22.1. The molecule has 0 spiro atoms. The van der Waals surface area contributed by atoms with E-state index in [1.54, 1.807) is 0 Å². The summed E-state index contributed by atoms with van der Waals surface area (Å²) < 4.78 is 12.5. The van der Waals surface area contributed by atoms with E-state index in [1.165, 1.54) is 43.8 Å². The van der Waals surface area contributed by atoms with Crippen LogP contribution in [0, 0.1) is 0 Å². The second-order valence-corrected chi connectivity index (χ2v) is 10.5. The molecule has 0 aromatic heterocycles. The zero-order valence-electron chi connectivity index (χ0n) is 20.7. The minimum Gasteiger partial charge on any atom is -0.399 e. The molecule has 0 bridgehead atoms. The van der Waals surface area contributed by atoms with Crippen molar-refractivity contribution in [3.05, 3.63) is 103 Å². The molecule has 35 heavy (non-hydrogen) atoms. The largest absolute Gasteiger partial charge is 0.494 e. The van der Waals surface area contributed by atoms with Crippen LogP contribution in [0.25, 0.3) is 43.8 Å². The van der Waals surface area contributed by atoms with Gasteiger partial charge in [0.25, 0.3) is 0 Å². The smallest absolute Gasteiger partial charge is 0.399 e. The molecule has 0 amide bonds. The summed E-state index contributed by atoms with van der Waals surface area (Å²) in [5.74, 6) is 0. The molecule has 3 heteroatoms. The number of fused-ring (bicyclic) bond motifs is 2. The number of hydrogen-bond acceptors (Lipinski definition) is 2. The highest BCUT2D eigenvalue weighted by molar-refractivity contribution is 6.62. The van der Waals surface area contributed by atoms with E-state index in [2.05, 4.69) is 131 Å². The lowest BCUT2D eigenvalue weighted by molar-refractivity contribution is 0.00578. The zero-order valence-corrected chi connectivity index (χ0v) is 20.7. The first-order chi connectivity index (χ1) is 16.8. The Labute approximate surface area is 207 Å². The van der Waals surface area contributed by atoms with E-state index in [0.29, 0.717) is 0 Å². The maximum atomic E-state index is 6.27. The van der Waals surface area contributed by atoms with Crippen molar-refractivity contribution in [1.82, 2.24) is 0 Å². The minimum absolute atomic E-state index is 0.344. The lowest BCUT2D eigenvalue weighted by Crippen LogP contribution is -2.41. The molecule has 0 N–H and O–H groups in total. The second kappa shape index (κ2) is 8.08. The van der Waals surface area contributed by atoms with E-state index in [1.807, 2.05) is 0 Å². The molecule has 0 saturated carbocycles. The maximum Gasteiger partial charge on any atom is 0.494 e. The van der Waals surface area contributed by atoms with Crippen molar-refractivity contribution < 1.29 is 9.31 Å². The van der Waals surface area contributed by atoms with Crippen LogP contribution in [0.5, 0.6) is 0 Å². The van der Waals surface area contributed by atoms with Gasteiger partial charge in [-0.25, -0.2) is 0 Å². The first-order valence-electron chi connectivity index (χ1n) is 12.3. The van der Waals surface area contributed by atoms with Crippen LogP contribution >= 0.6 is 0 Å². The van der Waals surface area contributed by atoms with Crippen molar-refractivity contribution >= 4 is 34.1 Å². The fourth-order valence-electron chi connectivity index (χ4n) is 4.90. The van der Waals surface area contributed by atoms with Crippen LogP contribution in [0.3, 0.4) is 0 Å². The molecule has 1 saturated heterocycles. The van der Waals surface area contributed by atoms with E-state index in [0.717, 1.165) is 5.46 Å². The number of rotatable bonds is 3. The Balaban J connectivity index is 1.41. The summed E-state index contributed by atoms with van der Waals surface area (Å²) >= 11 is 0. The van der Waals surface area contributed by atoms with Crippen molar-refractivity contribution in [1.29, 1.82) is 0 Å². The summed E-state index contributed by atoms with van der Waals surface area (Å²) in [6.45, 7) is 8.36. The molecule has 6 rings (SSSR count).